The lowest BCUT2D eigenvalue weighted by Gasteiger charge is -2.30. The molecule has 1 aliphatic rings. The Bertz CT molecular complexity index is 656. The number of alkyl halides is 1. The van der Waals surface area contributed by atoms with Crippen LogP contribution in [0.1, 0.15) is 18.7 Å². The van der Waals surface area contributed by atoms with Crippen LogP contribution in [0.5, 0.6) is 0 Å². The van der Waals surface area contributed by atoms with Gasteiger partial charge in [0.05, 0.1) is 21.9 Å². The van der Waals surface area contributed by atoms with Crippen LogP contribution in [0.15, 0.2) is 12.1 Å². The highest BCUT2D eigenvalue weighted by Gasteiger charge is 2.21. The Hall–Kier alpha value is -0.840. The lowest BCUT2D eigenvalue weighted by molar-refractivity contribution is 0.195. The van der Waals surface area contributed by atoms with Gasteiger partial charge in [-0.2, -0.15) is 0 Å². The third-order valence-electron chi connectivity index (χ3n) is 4.15. The molecular formula is C15H18Cl2FN3. The summed E-state index contributed by atoms with van der Waals surface area (Å²) in [5.74, 6) is 1.22. The van der Waals surface area contributed by atoms with Gasteiger partial charge in [-0.1, -0.05) is 11.6 Å². The first-order valence-electron chi connectivity index (χ1n) is 7.17. The number of aromatic nitrogens is 2. The Morgan fingerprint density at radius 3 is 2.95 bits per heavy atom. The van der Waals surface area contributed by atoms with Gasteiger partial charge in [-0.25, -0.2) is 9.37 Å². The molecule has 6 heteroatoms. The lowest BCUT2D eigenvalue weighted by atomic mass is 9.98. The van der Waals surface area contributed by atoms with Gasteiger partial charge in [0.25, 0.3) is 0 Å². The maximum Gasteiger partial charge on any atom is 0.144 e. The SMILES string of the molecule is CN1CCCC(Cn2c(CCl)nc3cc(F)c(Cl)cc32)C1. The third kappa shape index (κ3) is 3.03. The molecule has 0 N–H and O–H groups in total. The lowest BCUT2D eigenvalue weighted by Crippen LogP contribution is -2.34. The first-order valence-corrected chi connectivity index (χ1v) is 8.08. The highest BCUT2D eigenvalue weighted by Crippen LogP contribution is 2.27. The van der Waals surface area contributed by atoms with Crippen molar-refractivity contribution in [1.82, 2.24) is 14.5 Å². The third-order valence-corrected chi connectivity index (χ3v) is 4.68. The molecular weight excluding hydrogens is 312 g/mol. The summed E-state index contributed by atoms with van der Waals surface area (Å²) in [4.78, 5) is 6.78. The van der Waals surface area contributed by atoms with Crippen LogP contribution in [0.2, 0.25) is 5.02 Å². The molecule has 1 aromatic heterocycles. The number of likely N-dealkylation sites (tertiary alicyclic amines) is 1. The van der Waals surface area contributed by atoms with Gasteiger partial charge in [-0.15, -0.1) is 11.6 Å². The Labute approximate surface area is 133 Å². The van der Waals surface area contributed by atoms with Gasteiger partial charge in [0, 0.05) is 19.2 Å². The molecule has 1 atom stereocenters. The fraction of sp³-hybridized carbons (Fsp3) is 0.533. The summed E-state index contributed by atoms with van der Waals surface area (Å²) in [6.07, 6.45) is 2.40. The van der Waals surface area contributed by atoms with Gasteiger partial charge in [-0.05, 0) is 38.4 Å². The number of rotatable bonds is 3. The van der Waals surface area contributed by atoms with E-state index in [4.69, 9.17) is 23.2 Å². The molecule has 1 aromatic carbocycles. The summed E-state index contributed by atoms with van der Waals surface area (Å²) in [7, 11) is 2.15. The topological polar surface area (TPSA) is 21.1 Å². The van der Waals surface area contributed by atoms with Crippen molar-refractivity contribution in [3.8, 4) is 0 Å². The average Bonchev–Trinajstić information content (AvgIpc) is 2.77. The average molecular weight is 330 g/mol. The van der Waals surface area contributed by atoms with Crippen LogP contribution in [0.3, 0.4) is 0 Å². The zero-order chi connectivity index (χ0) is 15.0. The van der Waals surface area contributed by atoms with E-state index in [1.165, 1.54) is 18.9 Å². The number of hydrogen-bond donors (Lipinski definition) is 0. The van der Waals surface area contributed by atoms with E-state index in [1.54, 1.807) is 6.07 Å². The Morgan fingerprint density at radius 1 is 1.43 bits per heavy atom. The normalized spacial score (nSPS) is 20.3. The highest BCUT2D eigenvalue weighted by atomic mass is 35.5. The minimum absolute atomic E-state index is 0.130. The molecule has 1 saturated heterocycles. The van der Waals surface area contributed by atoms with Crippen LogP contribution in [0, 0.1) is 11.7 Å². The molecule has 3 nitrogen and oxygen atoms in total. The molecule has 0 spiro atoms. The first kappa shape index (κ1) is 15.1. The second-order valence-electron chi connectivity index (χ2n) is 5.80. The summed E-state index contributed by atoms with van der Waals surface area (Å²) >= 11 is 11.9. The minimum Gasteiger partial charge on any atom is -0.327 e. The molecule has 2 heterocycles. The largest absolute Gasteiger partial charge is 0.327 e. The zero-order valence-corrected chi connectivity index (χ0v) is 13.5. The van der Waals surface area contributed by atoms with E-state index >= 15 is 0 Å². The van der Waals surface area contributed by atoms with Crippen LogP contribution in [-0.2, 0) is 12.4 Å². The van der Waals surface area contributed by atoms with Crippen molar-refractivity contribution in [2.75, 3.05) is 20.1 Å². The fourth-order valence-corrected chi connectivity index (χ4v) is 3.52. The van der Waals surface area contributed by atoms with E-state index in [1.807, 2.05) is 0 Å². The van der Waals surface area contributed by atoms with E-state index in [0.29, 0.717) is 17.3 Å². The van der Waals surface area contributed by atoms with Gasteiger partial charge in [0.15, 0.2) is 0 Å². The van der Waals surface area contributed by atoms with E-state index < -0.39 is 5.82 Å². The number of piperidine rings is 1. The molecule has 2 aromatic rings. The summed E-state index contributed by atoms with van der Waals surface area (Å²) in [6.45, 7) is 3.07. The summed E-state index contributed by atoms with van der Waals surface area (Å²) in [5.41, 5.74) is 1.49. The second-order valence-corrected chi connectivity index (χ2v) is 6.47. The zero-order valence-electron chi connectivity index (χ0n) is 12.0. The number of hydrogen-bond acceptors (Lipinski definition) is 2. The quantitative estimate of drug-likeness (QED) is 0.796. The Kier molecular flexibility index (Phi) is 4.38. The molecule has 0 amide bonds. The molecule has 0 radical (unpaired) electrons. The summed E-state index contributed by atoms with van der Waals surface area (Å²) in [5, 5.41) is 0.130. The Balaban J connectivity index is 1.97. The van der Waals surface area contributed by atoms with Crippen LogP contribution in [-0.4, -0.2) is 34.6 Å². The smallest absolute Gasteiger partial charge is 0.144 e. The van der Waals surface area contributed by atoms with Crippen molar-refractivity contribution in [2.45, 2.75) is 25.3 Å². The number of halogens is 3. The van der Waals surface area contributed by atoms with E-state index in [2.05, 4.69) is 21.5 Å². The van der Waals surface area contributed by atoms with Crippen LogP contribution < -0.4 is 0 Å². The van der Waals surface area contributed by atoms with E-state index in [-0.39, 0.29) is 5.02 Å². The van der Waals surface area contributed by atoms with Crippen molar-refractivity contribution in [1.29, 1.82) is 0 Å². The van der Waals surface area contributed by atoms with Crippen LogP contribution in [0.4, 0.5) is 4.39 Å². The maximum atomic E-state index is 13.6. The molecule has 0 saturated carbocycles. The van der Waals surface area contributed by atoms with E-state index in [9.17, 15) is 4.39 Å². The second kappa shape index (κ2) is 6.11. The fourth-order valence-electron chi connectivity index (χ4n) is 3.16. The van der Waals surface area contributed by atoms with Crippen molar-refractivity contribution < 1.29 is 4.39 Å². The molecule has 114 valence electrons. The predicted molar refractivity (Wildman–Crippen MR) is 84.5 cm³/mol. The van der Waals surface area contributed by atoms with Crippen LogP contribution >= 0.6 is 23.2 Å². The molecule has 3 rings (SSSR count). The minimum atomic E-state index is -0.438. The van der Waals surface area contributed by atoms with Gasteiger partial charge in [0.1, 0.15) is 11.6 Å². The standard InChI is InChI=1S/C15H18Cl2FN3/c1-20-4-2-3-10(8-20)9-21-14-5-11(17)12(18)6-13(14)19-15(21)7-16/h5-6,10H,2-4,7-9H2,1H3. The summed E-state index contributed by atoms with van der Waals surface area (Å²) in [6, 6.07) is 3.04. The molecule has 0 aliphatic carbocycles. The summed E-state index contributed by atoms with van der Waals surface area (Å²) < 4.78 is 15.7. The van der Waals surface area contributed by atoms with Gasteiger partial charge in [-0.3, -0.25) is 0 Å². The predicted octanol–water partition coefficient (Wildman–Crippen LogP) is 3.91. The molecule has 1 aliphatic heterocycles. The van der Waals surface area contributed by atoms with Crippen molar-refractivity contribution in [3.63, 3.8) is 0 Å². The highest BCUT2D eigenvalue weighted by molar-refractivity contribution is 6.31. The van der Waals surface area contributed by atoms with Gasteiger partial charge < -0.3 is 9.47 Å². The van der Waals surface area contributed by atoms with Crippen molar-refractivity contribution >= 4 is 34.2 Å². The molecule has 21 heavy (non-hydrogen) atoms. The van der Waals surface area contributed by atoms with E-state index in [0.717, 1.165) is 31.0 Å². The Morgan fingerprint density at radius 2 is 2.24 bits per heavy atom. The number of fused-ring (bicyclic) bond motifs is 1. The number of nitrogens with zero attached hydrogens (tertiary/aromatic N) is 3. The number of imidazole rings is 1. The molecule has 1 fully saturated rings. The maximum absolute atomic E-state index is 13.6. The first-order chi connectivity index (χ1) is 10.1. The van der Waals surface area contributed by atoms with Crippen LogP contribution in [0.25, 0.3) is 11.0 Å². The molecule has 1 unspecified atom stereocenters. The monoisotopic (exact) mass is 329 g/mol. The van der Waals surface area contributed by atoms with Crippen molar-refractivity contribution in [3.05, 3.63) is 28.8 Å². The van der Waals surface area contributed by atoms with Crippen molar-refractivity contribution in [2.24, 2.45) is 5.92 Å². The number of benzene rings is 1. The molecule has 0 bridgehead atoms. The van der Waals surface area contributed by atoms with Gasteiger partial charge in [0.2, 0.25) is 0 Å². The van der Waals surface area contributed by atoms with Gasteiger partial charge >= 0.3 is 0 Å².